The second-order valence-corrected chi connectivity index (χ2v) is 10.6. The minimum atomic E-state index is -0.187. The van der Waals surface area contributed by atoms with Crippen LogP contribution in [-0.4, -0.2) is 30.3 Å². The highest BCUT2D eigenvalue weighted by Crippen LogP contribution is 2.39. The van der Waals surface area contributed by atoms with Gasteiger partial charge in [-0.25, -0.2) is 5.43 Å². The van der Waals surface area contributed by atoms with E-state index in [1.54, 1.807) is 6.21 Å². The zero-order valence-corrected chi connectivity index (χ0v) is 21.6. The number of aryl methyl sites for hydroxylation is 1. The molecule has 0 atom stereocenters. The minimum Gasteiger partial charge on any atom is -0.507 e. The van der Waals surface area contributed by atoms with Crippen molar-refractivity contribution in [1.29, 1.82) is 0 Å². The van der Waals surface area contributed by atoms with Crippen molar-refractivity contribution in [3.05, 3.63) is 58.7 Å². The number of carbonyl (C=O) groups is 1. The summed E-state index contributed by atoms with van der Waals surface area (Å²) in [6.07, 6.45) is 2.59. The van der Waals surface area contributed by atoms with Crippen molar-refractivity contribution >= 4 is 17.8 Å². The van der Waals surface area contributed by atoms with Gasteiger partial charge in [-0.15, -0.1) is 0 Å². The number of aromatic hydroxyl groups is 1. The maximum Gasteiger partial charge on any atom is 0.240 e. The lowest BCUT2D eigenvalue weighted by Crippen LogP contribution is -2.21. The van der Waals surface area contributed by atoms with E-state index in [0.717, 1.165) is 35.3 Å². The molecule has 1 amide bonds. The number of rotatable bonds is 8. The maximum absolute atomic E-state index is 12.4. The predicted octanol–water partition coefficient (Wildman–Crippen LogP) is 5.92. The van der Waals surface area contributed by atoms with Gasteiger partial charge in [0.1, 0.15) is 5.75 Å². The summed E-state index contributed by atoms with van der Waals surface area (Å²) in [6, 6.07) is 12.2. The summed E-state index contributed by atoms with van der Waals surface area (Å²) in [5.74, 6) is 0.230. The number of amides is 1. The van der Waals surface area contributed by atoms with Gasteiger partial charge in [0.15, 0.2) is 0 Å². The topological polar surface area (TPSA) is 64.9 Å². The number of phenolic OH excluding ortho intramolecular Hbond substituents is 1. The number of benzene rings is 2. The van der Waals surface area contributed by atoms with Crippen LogP contribution in [0, 0.1) is 0 Å². The number of carbonyl (C=O) groups excluding carboxylic acids is 1. The lowest BCUT2D eigenvalue weighted by Gasteiger charge is -2.28. The second kappa shape index (κ2) is 10.9. The molecule has 0 saturated heterocycles. The lowest BCUT2D eigenvalue weighted by atomic mass is 9.78. The molecule has 2 aromatic rings. The molecule has 2 aromatic carbocycles. The zero-order chi connectivity index (χ0) is 24.8. The summed E-state index contributed by atoms with van der Waals surface area (Å²) in [6.45, 7) is 18.8. The molecule has 5 nitrogen and oxygen atoms in total. The first-order chi connectivity index (χ1) is 15.4. The van der Waals surface area contributed by atoms with Gasteiger partial charge < -0.3 is 10.0 Å². The van der Waals surface area contributed by atoms with Crippen LogP contribution in [0.3, 0.4) is 0 Å². The summed E-state index contributed by atoms with van der Waals surface area (Å²) >= 11 is 0. The molecular formula is C28H41N3O2. The Morgan fingerprint density at radius 2 is 1.48 bits per heavy atom. The number of hydrazone groups is 1. The number of hydrogen-bond donors (Lipinski definition) is 2. The fourth-order valence-corrected chi connectivity index (χ4v) is 3.83. The van der Waals surface area contributed by atoms with Crippen molar-refractivity contribution in [3.63, 3.8) is 0 Å². The van der Waals surface area contributed by atoms with Crippen molar-refractivity contribution in [1.82, 2.24) is 5.43 Å². The predicted molar refractivity (Wildman–Crippen MR) is 140 cm³/mol. The summed E-state index contributed by atoms with van der Waals surface area (Å²) in [5.41, 5.74) is 7.25. The second-order valence-electron chi connectivity index (χ2n) is 10.6. The van der Waals surface area contributed by atoms with E-state index in [9.17, 15) is 9.90 Å². The molecule has 2 N–H and O–H groups in total. The number of phenols is 1. The molecule has 0 spiro atoms. The molecule has 0 saturated carbocycles. The van der Waals surface area contributed by atoms with E-state index >= 15 is 0 Å². The Bertz CT molecular complexity index is 925. The van der Waals surface area contributed by atoms with Crippen LogP contribution in [0.4, 0.5) is 5.69 Å². The van der Waals surface area contributed by atoms with Crippen LogP contribution in [0.5, 0.6) is 5.75 Å². The molecule has 5 heteroatoms. The van der Waals surface area contributed by atoms with E-state index in [2.05, 4.69) is 82.9 Å². The van der Waals surface area contributed by atoms with E-state index in [4.69, 9.17) is 0 Å². The van der Waals surface area contributed by atoms with Gasteiger partial charge in [0.2, 0.25) is 5.91 Å². The Kier molecular flexibility index (Phi) is 8.70. The summed E-state index contributed by atoms with van der Waals surface area (Å²) < 4.78 is 0. The standard InChI is InChI=1S/C28H41N3O2/c1-9-31(10-2)22-14-11-20(12-15-22)19-29-30-25(32)16-13-21-17-23(27(3,4)5)26(33)24(18-21)28(6,7)8/h11-12,14-15,17-19,33H,9-10,13,16H2,1-8H3,(H,30,32)/b29-19-. The zero-order valence-electron chi connectivity index (χ0n) is 21.6. The van der Waals surface area contributed by atoms with E-state index in [1.165, 1.54) is 5.69 Å². The van der Waals surface area contributed by atoms with Gasteiger partial charge in [-0.1, -0.05) is 65.8 Å². The number of hydrogen-bond acceptors (Lipinski definition) is 4. The minimum absolute atomic E-state index is 0.131. The van der Waals surface area contributed by atoms with Crippen LogP contribution in [-0.2, 0) is 22.0 Å². The first-order valence-electron chi connectivity index (χ1n) is 11.9. The van der Waals surface area contributed by atoms with E-state index < -0.39 is 0 Å². The van der Waals surface area contributed by atoms with Gasteiger partial charge in [-0.05, 0) is 65.5 Å². The molecule has 0 heterocycles. The smallest absolute Gasteiger partial charge is 0.240 e. The summed E-state index contributed by atoms with van der Waals surface area (Å²) in [7, 11) is 0. The van der Waals surface area contributed by atoms with Crippen molar-refractivity contribution in [2.24, 2.45) is 5.10 Å². The Balaban J connectivity index is 2.03. The largest absolute Gasteiger partial charge is 0.507 e. The highest BCUT2D eigenvalue weighted by atomic mass is 16.3. The quantitative estimate of drug-likeness (QED) is 0.387. The third-order valence-corrected chi connectivity index (χ3v) is 5.85. The van der Waals surface area contributed by atoms with Crippen LogP contribution in [0.2, 0.25) is 0 Å². The third-order valence-electron chi connectivity index (χ3n) is 5.85. The molecule has 0 bridgehead atoms. The van der Waals surface area contributed by atoms with Gasteiger partial charge >= 0.3 is 0 Å². The molecule has 0 unspecified atom stereocenters. The van der Waals surface area contributed by atoms with Crippen molar-refractivity contribution < 1.29 is 9.90 Å². The summed E-state index contributed by atoms with van der Waals surface area (Å²) in [5, 5.41) is 15.0. The molecular weight excluding hydrogens is 410 g/mol. The van der Waals surface area contributed by atoms with E-state index in [-0.39, 0.29) is 16.7 Å². The molecule has 33 heavy (non-hydrogen) atoms. The van der Waals surface area contributed by atoms with E-state index in [1.807, 2.05) is 24.3 Å². The third kappa shape index (κ3) is 7.34. The van der Waals surface area contributed by atoms with Crippen molar-refractivity contribution in [3.8, 4) is 5.75 Å². The molecule has 0 aliphatic heterocycles. The Labute approximate surface area is 199 Å². The van der Waals surface area contributed by atoms with Crippen LogP contribution in [0.25, 0.3) is 0 Å². The molecule has 0 fully saturated rings. The fourth-order valence-electron chi connectivity index (χ4n) is 3.83. The van der Waals surface area contributed by atoms with Crippen molar-refractivity contribution in [2.45, 2.75) is 79.1 Å². The van der Waals surface area contributed by atoms with Gasteiger partial charge in [0.25, 0.3) is 0 Å². The van der Waals surface area contributed by atoms with Gasteiger partial charge in [-0.2, -0.15) is 5.10 Å². The molecule has 0 aromatic heterocycles. The average molecular weight is 452 g/mol. The fraction of sp³-hybridized carbons (Fsp3) is 0.500. The molecule has 0 aliphatic carbocycles. The number of anilines is 1. The van der Waals surface area contributed by atoms with Crippen molar-refractivity contribution in [2.75, 3.05) is 18.0 Å². The molecule has 180 valence electrons. The molecule has 2 rings (SSSR count). The normalized spacial score (nSPS) is 12.2. The Hall–Kier alpha value is -2.82. The van der Waals surface area contributed by atoms with Gasteiger partial charge in [0.05, 0.1) is 6.21 Å². The van der Waals surface area contributed by atoms with Crippen LogP contribution in [0.15, 0.2) is 41.5 Å². The van der Waals surface area contributed by atoms with Gasteiger partial charge in [-0.3, -0.25) is 4.79 Å². The lowest BCUT2D eigenvalue weighted by molar-refractivity contribution is -0.121. The van der Waals surface area contributed by atoms with Gasteiger partial charge in [0, 0.05) is 25.2 Å². The monoisotopic (exact) mass is 451 g/mol. The van der Waals surface area contributed by atoms with Crippen LogP contribution in [0.1, 0.15) is 84.1 Å². The molecule has 0 radical (unpaired) electrons. The Morgan fingerprint density at radius 3 is 1.94 bits per heavy atom. The SMILES string of the molecule is CCN(CC)c1ccc(/C=N\NC(=O)CCc2cc(C(C)(C)C)c(O)c(C(C)(C)C)c2)cc1. The maximum atomic E-state index is 12.4. The highest BCUT2D eigenvalue weighted by Gasteiger charge is 2.26. The highest BCUT2D eigenvalue weighted by molar-refractivity contribution is 5.83. The van der Waals surface area contributed by atoms with E-state index in [0.29, 0.717) is 18.6 Å². The first-order valence-corrected chi connectivity index (χ1v) is 11.9. The summed E-state index contributed by atoms with van der Waals surface area (Å²) in [4.78, 5) is 14.7. The van der Waals surface area contributed by atoms with Crippen LogP contribution < -0.4 is 10.3 Å². The molecule has 0 aliphatic rings. The first kappa shape index (κ1) is 26.4. The average Bonchev–Trinajstić information content (AvgIpc) is 2.73. The number of nitrogens with one attached hydrogen (secondary N) is 1. The Morgan fingerprint density at radius 1 is 0.970 bits per heavy atom. The number of nitrogens with zero attached hydrogens (tertiary/aromatic N) is 2. The van der Waals surface area contributed by atoms with Crippen LogP contribution >= 0.6 is 0 Å².